The summed E-state index contributed by atoms with van der Waals surface area (Å²) in [7, 11) is 0. The number of hydrogen-bond acceptors (Lipinski definition) is 6. The predicted molar refractivity (Wildman–Crippen MR) is 128 cm³/mol. The molecule has 174 valence electrons. The molecule has 5 rings (SSSR count). The lowest BCUT2D eigenvalue weighted by atomic mass is 10.0. The molecule has 1 fully saturated rings. The van der Waals surface area contributed by atoms with Crippen molar-refractivity contribution in [3.8, 4) is 11.3 Å². The van der Waals surface area contributed by atoms with Gasteiger partial charge in [-0.15, -0.1) is 0 Å². The maximum Gasteiger partial charge on any atom is 0.254 e. The monoisotopic (exact) mass is 457 g/mol. The highest BCUT2D eigenvalue weighted by molar-refractivity contribution is 5.94. The number of amides is 1. The van der Waals surface area contributed by atoms with Crippen molar-refractivity contribution in [2.45, 2.75) is 20.0 Å². The molecule has 0 saturated carbocycles. The Labute approximate surface area is 198 Å². The largest absolute Gasteiger partial charge is 0.467 e. The zero-order valence-electron chi connectivity index (χ0n) is 19.1. The minimum atomic E-state index is -0.0821. The number of benzene rings is 2. The van der Waals surface area contributed by atoms with Crippen molar-refractivity contribution >= 4 is 11.8 Å². The van der Waals surface area contributed by atoms with E-state index in [1.165, 1.54) is 0 Å². The topological polar surface area (TPSA) is 72.0 Å². The Bertz CT molecular complexity index is 1230. The van der Waals surface area contributed by atoms with Gasteiger partial charge >= 0.3 is 0 Å². The van der Waals surface area contributed by atoms with Crippen molar-refractivity contribution in [2.24, 2.45) is 0 Å². The van der Waals surface area contributed by atoms with Gasteiger partial charge < -0.3 is 23.5 Å². The van der Waals surface area contributed by atoms with Gasteiger partial charge in [0.05, 0.1) is 38.1 Å². The molecule has 34 heavy (non-hydrogen) atoms. The van der Waals surface area contributed by atoms with Crippen LogP contribution < -0.4 is 4.90 Å². The van der Waals surface area contributed by atoms with Crippen molar-refractivity contribution in [3.05, 3.63) is 95.4 Å². The van der Waals surface area contributed by atoms with Crippen LogP contribution in [-0.4, -0.2) is 42.3 Å². The summed E-state index contributed by atoms with van der Waals surface area (Å²) in [6.07, 6.45) is 1.62. The maximum absolute atomic E-state index is 13.6. The highest BCUT2D eigenvalue weighted by Gasteiger charge is 2.28. The molecule has 0 unspecified atom stereocenters. The Balaban J connectivity index is 1.55. The van der Waals surface area contributed by atoms with Crippen molar-refractivity contribution in [1.82, 2.24) is 10.1 Å². The maximum atomic E-state index is 13.6. The first kappa shape index (κ1) is 22.0. The lowest BCUT2D eigenvalue weighted by molar-refractivity contribution is 0.0717. The van der Waals surface area contributed by atoms with E-state index in [-0.39, 0.29) is 5.91 Å². The van der Waals surface area contributed by atoms with Gasteiger partial charge in [-0.25, -0.2) is 0 Å². The Morgan fingerprint density at radius 1 is 1.00 bits per heavy atom. The molecule has 1 saturated heterocycles. The number of morpholine rings is 1. The van der Waals surface area contributed by atoms with Crippen LogP contribution in [0.4, 0.5) is 5.88 Å². The van der Waals surface area contributed by atoms with Crippen molar-refractivity contribution < 1.29 is 18.5 Å². The Kier molecular flexibility index (Phi) is 6.44. The van der Waals surface area contributed by atoms with Crippen LogP contribution in [0.2, 0.25) is 0 Å². The van der Waals surface area contributed by atoms with Gasteiger partial charge in [0.25, 0.3) is 5.91 Å². The van der Waals surface area contributed by atoms with Gasteiger partial charge in [-0.05, 0) is 37.3 Å². The smallest absolute Gasteiger partial charge is 0.254 e. The molecule has 0 N–H and O–H groups in total. The van der Waals surface area contributed by atoms with Crippen LogP contribution in [0.5, 0.6) is 0 Å². The molecule has 0 aliphatic carbocycles. The number of carbonyl (C=O) groups is 1. The molecule has 1 amide bonds. The number of hydrogen-bond donors (Lipinski definition) is 0. The molecule has 0 bridgehead atoms. The first-order chi connectivity index (χ1) is 16.7. The SMILES string of the molecule is Cc1cccc(-c2noc(N3CCOCC3)c2CN(Cc2ccco2)C(=O)c2ccccc2)c1. The molecule has 2 aromatic carbocycles. The average Bonchev–Trinajstić information content (AvgIpc) is 3.54. The number of aryl methyl sites for hydroxylation is 1. The second-order valence-corrected chi connectivity index (χ2v) is 8.39. The second kappa shape index (κ2) is 9.97. The van der Waals surface area contributed by atoms with E-state index in [9.17, 15) is 4.79 Å². The number of furan rings is 1. The normalized spacial score (nSPS) is 13.7. The highest BCUT2D eigenvalue weighted by Crippen LogP contribution is 2.34. The number of anilines is 1. The number of aromatic nitrogens is 1. The van der Waals surface area contributed by atoms with Crippen LogP contribution in [0.3, 0.4) is 0 Å². The number of ether oxygens (including phenoxy) is 1. The van der Waals surface area contributed by atoms with E-state index in [2.05, 4.69) is 16.1 Å². The van der Waals surface area contributed by atoms with Gasteiger partial charge in [0.15, 0.2) is 0 Å². The molecule has 1 aliphatic heterocycles. The van der Waals surface area contributed by atoms with Crippen LogP contribution in [-0.2, 0) is 17.8 Å². The van der Waals surface area contributed by atoms with E-state index < -0.39 is 0 Å². The van der Waals surface area contributed by atoms with Gasteiger partial charge in [0, 0.05) is 24.2 Å². The van der Waals surface area contributed by atoms with Crippen molar-refractivity contribution in [2.75, 3.05) is 31.2 Å². The summed E-state index contributed by atoms with van der Waals surface area (Å²) in [6.45, 7) is 5.38. The molecule has 7 heteroatoms. The zero-order chi connectivity index (χ0) is 23.3. The molecule has 7 nitrogen and oxygen atoms in total. The zero-order valence-corrected chi connectivity index (χ0v) is 19.1. The third-order valence-corrected chi connectivity index (χ3v) is 5.94. The summed E-state index contributed by atoms with van der Waals surface area (Å²) in [5.41, 5.74) is 4.34. The molecule has 1 aliphatic rings. The minimum absolute atomic E-state index is 0.0821. The van der Waals surface area contributed by atoms with E-state index >= 15 is 0 Å². The fourth-order valence-electron chi connectivity index (χ4n) is 4.22. The predicted octanol–water partition coefficient (Wildman–Crippen LogP) is 4.92. The van der Waals surface area contributed by atoms with Crippen LogP contribution in [0.1, 0.15) is 27.2 Å². The van der Waals surface area contributed by atoms with Crippen molar-refractivity contribution in [3.63, 3.8) is 0 Å². The molecule has 0 radical (unpaired) electrons. The molecule has 4 aromatic rings. The summed E-state index contributed by atoms with van der Waals surface area (Å²) < 4.78 is 17.0. The van der Waals surface area contributed by atoms with E-state index in [0.717, 1.165) is 22.4 Å². The lowest BCUT2D eigenvalue weighted by Crippen LogP contribution is -2.37. The third kappa shape index (κ3) is 4.75. The first-order valence-electron chi connectivity index (χ1n) is 11.4. The van der Waals surface area contributed by atoms with E-state index in [0.29, 0.717) is 56.6 Å². The Morgan fingerprint density at radius 3 is 2.56 bits per heavy atom. The third-order valence-electron chi connectivity index (χ3n) is 5.94. The first-order valence-corrected chi connectivity index (χ1v) is 11.4. The van der Waals surface area contributed by atoms with Gasteiger partial charge in [0.1, 0.15) is 11.5 Å². The Hall–Kier alpha value is -3.84. The quantitative estimate of drug-likeness (QED) is 0.392. The average molecular weight is 458 g/mol. The number of carbonyl (C=O) groups excluding carboxylic acids is 1. The highest BCUT2D eigenvalue weighted by atomic mass is 16.5. The molecule has 0 atom stereocenters. The summed E-state index contributed by atoms with van der Waals surface area (Å²) >= 11 is 0. The van der Waals surface area contributed by atoms with Gasteiger partial charge in [0.2, 0.25) is 5.88 Å². The van der Waals surface area contributed by atoms with Crippen LogP contribution >= 0.6 is 0 Å². The molecular formula is C27H27N3O4. The summed E-state index contributed by atoms with van der Waals surface area (Å²) in [4.78, 5) is 17.5. The molecule has 3 heterocycles. The number of nitrogens with zero attached hydrogens (tertiary/aromatic N) is 3. The summed E-state index contributed by atoms with van der Waals surface area (Å²) in [5, 5.41) is 4.47. The minimum Gasteiger partial charge on any atom is -0.467 e. The number of rotatable bonds is 7. The molecule has 2 aromatic heterocycles. The van der Waals surface area contributed by atoms with Gasteiger partial charge in [-0.1, -0.05) is 47.1 Å². The summed E-state index contributed by atoms with van der Waals surface area (Å²) in [6, 6.07) is 21.2. The van der Waals surface area contributed by atoms with Gasteiger partial charge in [-0.3, -0.25) is 4.79 Å². The standard InChI is InChI=1S/C27H27N3O4/c1-20-7-5-10-22(17-20)25-24(27(34-28-25)29-12-15-32-16-13-29)19-30(18-23-11-6-14-33-23)26(31)21-8-3-2-4-9-21/h2-11,14,17H,12-13,15-16,18-19H2,1H3. The van der Waals surface area contributed by atoms with Crippen molar-refractivity contribution in [1.29, 1.82) is 0 Å². The molecular weight excluding hydrogens is 430 g/mol. The fourth-order valence-corrected chi connectivity index (χ4v) is 4.22. The van der Waals surface area contributed by atoms with Crippen LogP contribution in [0, 0.1) is 6.92 Å². The lowest BCUT2D eigenvalue weighted by Gasteiger charge is -2.28. The van der Waals surface area contributed by atoms with Crippen LogP contribution in [0.15, 0.2) is 81.9 Å². The van der Waals surface area contributed by atoms with E-state index in [1.54, 1.807) is 11.2 Å². The fraction of sp³-hybridized carbons (Fsp3) is 0.259. The van der Waals surface area contributed by atoms with E-state index in [1.807, 2.05) is 67.6 Å². The van der Waals surface area contributed by atoms with Gasteiger partial charge in [-0.2, -0.15) is 0 Å². The summed E-state index contributed by atoms with van der Waals surface area (Å²) in [5.74, 6) is 1.32. The van der Waals surface area contributed by atoms with Crippen LogP contribution in [0.25, 0.3) is 11.3 Å². The van der Waals surface area contributed by atoms with E-state index in [4.69, 9.17) is 13.7 Å². The molecule has 0 spiro atoms. The second-order valence-electron chi connectivity index (χ2n) is 8.39. The Morgan fingerprint density at radius 2 is 1.82 bits per heavy atom.